The second kappa shape index (κ2) is 8.62. The number of hydrogen-bond donors (Lipinski definition) is 0. The Labute approximate surface area is 196 Å². The smallest absolute Gasteiger partial charge is 0.328 e. The number of carbonyl (C=O) groups excluding carboxylic acids is 2. The first kappa shape index (κ1) is 22.2. The number of ether oxygens (including phenoxy) is 3. The Kier molecular flexibility index (Phi) is 5.63. The Morgan fingerprint density at radius 2 is 1.88 bits per heavy atom. The van der Waals surface area contributed by atoms with E-state index in [1.807, 2.05) is 30.3 Å². The van der Waals surface area contributed by atoms with Crippen molar-refractivity contribution in [2.45, 2.75) is 50.9 Å². The average molecular weight is 466 g/mol. The molecule has 1 amide bonds. The van der Waals surface area contributed by atoms with Crippen molar-refractivity contribution in [3.63, 3.8) is 0 Å². The number of nitro benzene ring substituents is 1. The topological polar surface area (TPSA) is 108 Å². The van der Waals surface area contributed by atoms with E-state index in [-0.39, 0.29) is 35.1 Å². The highest BCUT2D eigenvalue weighted by molar-refractivity contribution is 6.01. The summed E-state index contributed by atoms with van der Waals surface area (Å²) in [6.45, 7) is 0.583. The van der Waals surface area contributed by atoms with E-state index in [0.717, 1.165) is 31.2 Å². The Morgan fingerprint density at radius 1 is 1.15 bits per heavy atom. The van der Waals surface area contributed by atoms with Crippen molar-refractivity contribution < 1.29 is 28.7 Å². The molecule has 0 bridgehead atoms. The van der Waals surface area contributed by atoms with Gasteiger partial charge in [-0.05, 0) is 43.1 Å². The Bertz CT molecular complexity index is 1130. The molecule has 3 fully saturated rings. The minimum atomic E-state index is -0.749. The van der Waals surface area contributed by atoms with Crippen LogP contribution in [0.4, 0.5) is 5.69 Å². The summed E-state index contributed by atoms with van der Waals surface area (Å²) in [5.74, 6) is -0.566. The van der Waals surface area contributed by atoms with Crippen LogP contribution in [0.2, 0.25) is 0 Å². The molecule has 9 heteroatoms. The molecule has 5 rings (SSSR count). The van der Waals surface area contributed by atoms with Crippen LogP contribution < -0.4 is 9.47 Å². The first-order valence-electron chi connectivity index (χ1n) is 11.4. The van der Waals surface area contributed by atoms with Crippen molar-refractivity contribution in [3.8, 4) is 11.5 Å². The SMILES string of the molecule is COC(=O)[C@@H]1CC2(CC2)CN1C(=O)c1cc(OC2CC2)c(OCc2ccccc2)cc1[N+](=O)[O-]. The van der Waals surface area contributed by atoms with Gasteiger partial charge in [-0.15, -0.1) is 0 Å². The van der Waals surface area contributed by atoms with Crippen LogP contribution in [0, 0.1) is 15.5 Å². The quantitative estimate of drug-likeness (QED) is 0.330. The second-order valence-electron chi connectivity index (χ2n) is 9.34. The Balaban J connectivity index is 1.48. The molecule has 9 nitrogen and oxygen atoms in total. The Morgan fingerprint density at radius 3 is 2.50 bits per heavy atom. The summed E-state index contributed by atoms with van der Waals surface area (Å²) in [4.78, 5) is 38.8. The number of amides is 1. The lowest BCUT2D eigenvalue weighted by Crippen LogP contribution is -2.41. The number of carbonyl (C=O) groups is 2. The van der Waals surface area contributed by atoms with E-state index in [1.54, 1.807) is 0 Å². The average Bonchev–Trinajstić information content (AvgIpc) is 3.76. The largest absolute Gasteiger partial charge is 0.487 e. The predicted octanol–water partition coefficient (Wildman–Crippen LogP) is 3.88. The molecule has 178 valence electrons. The van der Waals surface area contributed by atoms with Gasteiger partial charge in [0.25, 0.3) is 11.6 Å². The molecule has 1 spiro atoms. The maximum atomic E-state index is 13.6. The van der Waals surface area contributed by atoms with Crippen LogP contribution in [-0.4, -0.2) is 47.5 Å². The number of likely N-dealkylation sites (tertiary alicyclic amines) is 1. The van der Waals surface area contributed by atoms with E-state index in [4.69, 9.17) is 14.2 Å². The van der Waals surface area contributed by atoms with E-state index >= 15 is 0 Å². The summed E-state index contributed by atoms with van der Waals surface area (Å²) in [5, 5.41) is 12.0. The fraction of sp³-hybridized carbons (Fsp3) is 0.440. The van der Waals surface area contributed by atoms with E-state index in [0.29, 0.717) is 18.7 Å². The number of nitrogens with zero attached hydrogens (tertiary/aromatic N) is 2. The summed E-state index contributed by atoms with van der Waals surface area (Å²) in [6, 6.07) is 11.3. The monoisotopic (exact) mass is 466 g/mol. The van der Waals surface area contributed by atoms with Crippen LogP contribution in [0.1, 0.15) is 48.0 Å². The van der Waals surface area contributed by atoms with E-state index in [9.17, 15) is 19.7 Å². The number of hydrogen-bond acceptors (Lipinski definition) is 7. The van der Waals surface area contributed by atoms with E-state index in [2.05, 4.69) is 0 Å². The van der Waals surface area contributed by atoms with Crippen LogP contribution in [0.25, 0.3) is 0 Å². The third-order valence-electron chi connectivity index (χ3n) is 6.74. The highest BCUT2D eigenvalue weighted by atomic mass is 16.6. The highest BCUT2D eigenvalue weighted by Gasteiger charge is 2.56. The molecular formula is C25H26N2O7. The lowest BCUT2D eigenvalue weighted by atomic mass is 10.0. The lowest BCUT2D eigenvalue weighted by Gasteiger charge is -2.23. The number of rotatable bonds is 8. The van der Waals surface area contributed by atoms with Crippen LogP contribution >= 0.6 is 0 Å². The second-order valence-corrected chi connectivity index (χ2v) is 9.34. The van der Waals surface area contributed by atoms with Crippen molar-refractivity contribution in [3.05, 3.63) is 63.7 Å². The first-order chi connectivity index (χ1) is 16.4. The Hall–Kier alpha value is -3.62. The van der Waals surface area contributed by atoms with Gasteiger partial charge < -0.3 is 19.1 Å². The third kappa shape index (κ3) is 4.42. The normalized spacial score (nSPS) is 20.1. The summed E-state index contributed by atoms with van der Waals surface area (Å²) < 4.78 is 16.8. The molecule has 2 saturated carbocycles. The number of methoxy groups -OCH3 is 1. The molecule has 0 radical (unpaired) electrons. The van der Waals surface area contributed by atoms with Gasteiger partial charge in [-0.1, -0.05) is 30.3 Å². The van der Waals surface area contributed by atoms with Crippen LogP contribution in [-0.2, 0) is 16.1 Å². The molecule has 0 unspecified atom stereocenters. The molecular weight excluding hydrogens is 440 g/mol. The van der Waals surface area contributed by atoms with Crippen molar-refractivity contribution in [2.75, 3.05) is 13.7 Å². The van der Waals surface area contributed by atoms with Gasteiger partial charge in [0.15, 0.2) is 11.5 Å². The minimum absolute atomic E-state index is 0.00665. The zero-order valence-electron chi connectivity index (χ0n) is 18.9. The third-order valence-corrected chi connectivity index (χ3v) is 6.74. The van der Waals surface area contributed by atoms with Gasteiger partial charge >= 0.3 is 5.97 Å². The fourth-order valence-electron chi connectivity index (χ4n) is 4.49. The summed E-state index contributed by atoms with van der Waals surface area (Å²) in [5.41, 5.74) is 0.321. The van der Waals surface area contributed by atoms with Crippen LogP contribution in [0.5, 0.6) is 11.5 Å². The van der Waals surface area contributed by atoms with Gasteiger partial charge in [0, 0.05) is 12.6 Å². The molecule has 1 aliphatic heterocycles. The molecule has 1 heterocycles. The van der Waals surface area contributed by atoms with Crippen molar-refractivity contribution in [1.29, 1.82) is 0 Å². The van der Waals surface area contributed by atoms with Gasteiger partial charge in [0.2, 0.25) is 0 Å². The molecule has 0 aromatic heterocycles. The molecule has 2 aromatic carbocycles. The van der Waals surface area contributed by atoms with Gasteiger partial charge in [-0.2, -0.15) is 0 Å². The molecule has 2 aliphatic carbocycles. The van der Waals surface area contributed by atoms with Gasteiger partial charge in [0.1, 0.15) is 18.2 Å². The molecule has 3 aliphatic rings. The van der Waals surface area contributed by atoms with E-state index in [1.165, 1.54) is 24.1 Å². The summed E-state index contributed by atoms with van der Waals surface area (Å²) in [6.07, 6.45) is 4.11. The molecule has 0 N–H and O–H groups in total. The number of nitro groups is 1. The van der Waals surface area contributed by atoms with Gasteiger partial charge in [-0.25, -0.2) is 4.79 Å². The zero-order valence-corrected chi connectivity index (χ0v) is 18.9. The highest BCUT2D eigenvalue weighted by Crippen LogP contribution is 2.55. The maximum Gasteiger partial charge on any atom is 0.328 e. The fourth-order valence-corrected chi connectivity index (χ4v) is 4.49. The van der Waals surface area contributed by atoms with Crippen LogP contribution in [0.3, 0.4) is 0 Å². The molecule has 1 saturated heterocycles. The maximum absolute atomic E-state index is 13.6. The predicted molar refractivity (Wildman–Crippen MR) is 121 cm³/mol. The van der Waals surface area contributed by atoms with Crippen molar-refractivity contribution >= 4 is 17.6 Å². The first-order valence-corrected chi connectivity index (χ1v) is 11.4. The van der Waals surface area contributed by atoms with Gasteiger partial charge in [0.05, 0.1) is 24.2 Å². The summed E-state index contributed by atoms with van der Waals surface area (Å²) in [7, 11) is 1.28. The number of esters is 1. The molecule has 2 aromatic rings. The number of benzene rings is 2. The van der Waals surface area contributed by atoms with Crippen molar-refractivity contribution in [2.24, 2.45) is 5.41 Å². The summed E-state index contributed by atoms with van der Waals surface area (Å²) >= 11 is 0. The van der Waals surface area contributed by atoms with Gasteiger partial charge in [-0.3, -0.25) is 14.9 Å². The van der Waals surface area contributed by atoms with Crippen molar-refractivity contribution in [1.82, 2.24) is 4.90 Å². The van der Waals surface area contributed by atoms with E-state index < -0.39 is 22.8 Å². The zero-order chi connectivity index (χ0) is 23.9. The molecule has 1 atom stereocenters. The molecule has 34 heavy (non-hydrogen) atoms. The lowest BCUT2D eigenvalue weighted by molar-refractivity contribution is -0.385. The minimum Gasteiger partial charge on any atom is -0.487 e. The van der Waals surface area contributed by atoms with Crippen LogP contribution in [0.15, 0.2) is 42.5 Å². The standard InChI is InChI=1S/C25H26N2O7/c1-32-24(29)20-13-25(9-10-25)15-26(20)23(28)18-11-22(34-17-7-8-17)21(12-19(18)27(30)31)33-14-16-5-3-2-4-6-16/h2-6,11-12,17,20H,7-10,13-15H2,1H3/t20-/m0/s1.